The van der Waals surface area contributed by atoms with Gasteiger partial charge >= 0.3 is 0 Å². The van der Waals surface area contributed by atoms with Crippen LogP contribution in [0, 0.1) is 5.92 Å². The van der Waals surface area contributed by atoms with Crippen LogP contribution in [0.5, 0.6) is 0 Å². The fourth-order valence-electron chi connectivity index (χ4n) is 3.74. The lowest BCUT2D eigenvalue weighted by Crippen LogP contribution is -2.43. The van der Waals surface area contributed by atoms with Crippen LogP contribution >= 0.6 is 15.9 Å². The van der Waals surface area contributed by atoms with Crippen LogP contribution in [0.2, 0.25) is 0 Å². The molecule has 23 heavy (non-hydrogen) atoms. The summed E-state index contributed by atoms with van der Waals surface area (Å²) in [6.07, 6.45) is 3.70. The highest BCUT2D eigenvalue weighted by molar-refractivity contribution is 9.10. The lowest BCUT2D eigenvalue weighted by molar-refractivity contribution is -0.140. The molecule has 5 heteroatoms. The third-order valence-corrected chi connectivity index (χ3v) is 5.61. The van der Waals surface area contributed by atoms with Gasteiger partial charge in [-0.2, -0.15) is 0 Å². The first kappa shape index (κ1) is 16.5. The van der Waals surface area contributed by atoms with Crippen molar-refractivity contribution >= 4 is 27.7 Å². The van der Waals surface area contributed by atoms with E-state index in [9.17, 15) is 9.59 Å². The van der Waals surface area contributed by atoms with Crippen LogP contribution in [0.4, 0.5) is 0 Å². The zero-order valence-corrected chi connectivity index (χ0v) is 15.1. The van der Waals surface area contributed by atoms with Crippen molar-refractivity contribution in [3.05, 3.63) is 34.3 Å². The molecular formula is C18H23BrN2O2. The number of rotatable bonds is 2. The van der Waals surface area contributed by atoms with Crippen molar-refractivity contribution < 1.29 is 9.59 Å². The van der Waals surface area contributed by atoms with Gasteiger partial charge in [-0.25, -0.2) is 0 Å². The first-order chi connectivity index (χ1) is 11.1. The number of piperidine rings is 1. The third kappa shape index (κ3) is 3.60. The predicted octanol–water partition coefficient (Wildman–Crippen LogP) is 3.37. The van der Waals surface area contributed by atoms with Gasteiger partial charge in [0.05, 0.1) is 6.04 Å². The molecule has 2 fully saturated rings. The van der Waals surface area contributed by atoms with E-state index in [1.165, 1.54) is 5.56 Å². The summed E-state index contributed by atoms with van der Waals surface area (Å²) in [7, 11) is 0. The molecule has 2 heterocycles. The Bertz CT molecular complexity index is 579. The molecule has 124 valence electrons. The van der Waals surface area contributed by atoms with Gasteiger partial charge in [-0.3, -0.25) is 9.59 Å². The number of carbonyl (C=O) groups excluding carboxylic acids is 2. The van der Waals surface area contributed by atoms with Crippen LogP contribution in [-0.2, 0) is 9.59 Å². The number of likely N-dealkylation sites (tertiary alicyclic amines) is 2. The lowest BCUT2D eigenvalue weighted by atomic mass is 9.94. The average Bonchev–Trinajstić information content (AvgIpc) is 3.04. The van der Waals surface area contributed by atoms with Gasteiger partial charge in [0.1, 0.15) is 0 Å². The molecule has 1 aromatic carbocycles. The summed E-state index contributed by atoms with van der Waals surface area (Å²) in [5, 5.41) is 0. The number of carbonyl (C=O) groups is 2. The molecule has 1 atom stereocenters. The van der Waals surface area contributed by atoms with E-state index >= 15 is 0 Å². The van der Waals surface area contributed by atoms with Crippen LogP contribution in [0.25, 0.3) is 0 Å². The van der Waals surface area contributed by atoms with Gasteiger partial charge in [0.25, 0.3) is 0 Å². The van der Waals surface area contributed by atoms with E-state index in [2.05, 4.69) is 33.0 Å². The topological polar surface area (TPSA) is 40.6 Å². The maximum absolute atomic E-state index is 12.9. The highest BCUT2D eigenvalue weighted by Crippen LogP contribution is 2.35. The van der Waals surface area contributed by atoms with Crippen molar-refractivity contribution in [1.29, 1.82) is 0 Å². The number of nitrogens with zero attached hydrogens (tertiary/aromatic N) is 2. The van der Waals surface area contributed by atoms with Crippen LogP contribution in [0.1, 0.15) is 44.2 Å². The summed E-state index contributed by atoms with van der Waals surface area (Å²) < 4.78 is 1.06. The Hall–Kier alpha value is -1.36. The number of hydrogen-bond donors (Lipinski definition) is 0. The summed E-state index contributed by atoms with van der Waals surface area (Å²) in [6, 6.07) is 8.52. The molecule has 0 aromatic heterocycles. The minimum absolute atomic E-state index is 0.0710. The second-order valence-corrected chi connectivity index (χ2v) is 7.44. The van der Waals surface area contributed by atoms with E-state index in [1.54, 1.807) is 6.92 Å². The number of amides is 2. The molecule has 1 aromatic rings. The van der Waals surface area contributed by atoms with Crippen molar-refractivity contribution in [1.82, 2.24) is 9.80 Å². The second-order valence-electron chi connectivity index (χ2n) is 6.52. The van der Waals surface area contributed by atoms with E-state index in [0.29, 0.717) is 13.1 Å². The summed E-state index contributed by atoms with van der Waals surface area (Å²) in [6.45, 7) is 3.88. The number of halogens is 1. The van der Waals surface area contributed by atoms with Crippen LogP contribution < -0.4 is 0 Å². The molecular weight excluding hydrogens is 356 g/mol. The zero-order chi connectivity index (χ0) is 16.4. The summed E-state index contributed by atoms with van der Waals surface area (Å²) in [4.78, 5) is 28.3. The molecule has 0 spiro atoms. The number of benzene rings is 1. The monoisotopic (exact) mass is 378 g/mol. The van der Waals surface area contributed by atoms with Crippen molar-refractivity contribution in [3.63, 3.8) is 0 Å². The molecule has 2 aliphatic heterocycles. The molecule has 2 amide bonds. The van der Waals surface area contributed by atoms with Crippen LogP contribution in [0.15, 0.2) is 28.7 Å². The molecule has 0 saturated carbocycles. The molecule has 1 unspecified atom stereocenters. The highest BCUT2D eigenvalue weighted by Gasteiger charge is 2.35. The SMILES string of the molecule is CC(=O)N1CCC(C(=O)N2CCCC2c2ccc(Br)cc2)CC1. The predicted molar refractivity (Wildman–Crippen MR) is 92.8 cm³/mol. The summed E-state index contributed by atoms with van der Waals surface area (Å²) in [5.41, 5.74) is 1.22. The maximum atomic E-state index is 12.9. The molecule has 0 bridgehead atoms. The standard InChI is InChI=1S/C18H23BrN2O2/c1-13(22)20-11-8-15(9-12-20)18(23)21-10-2-3-17(21)14-4-6-16(19)7-5-14/h4-7,15,17H,2-3,8-12H2,1H3. The van der Waals surface area contributed by atoms with Gasteiger partial charge in [-0.15, -0.1) is 0 Å². The van der Waals surface area contributed by atoms with Crippen LogP contribution in [0.3, 0.4) is 0 Å². The van der Waals surface area contributed by atoms with Crippen molar-refractivity contribution in [3.8, 4) is 0 Å². The number of hydrogen-bond acceptors (Lipinski definition) is 2. The summed E-state index contributed by atoms with van der Waals surface area (Å²) in [5.74, 6) is 0.463. The molecule has 2 aliphatic rings. The van der Waals surface area contributed by atoms with Gasteiger partial charge < -0.3 is 9.80 Å². The Morgan fingerprint density at radius 3 is 2.30 bits per heavy atom. The Balaban J connectivity index is 1.67. The Kier molecular flexibility index (Phi) is 5.05. The summed E-state index contributed by atoms with van der Waals surface area (Å²) >= 11 is 3.47. The van der Waals surface area contributed by atoms with Gasteiger partial charge in [-0.05, 0) is 43.4 Å². The first-order valence-corrected chi connectivity index (χ1v) is 9.17. The smallest absolute Gasteiger partial charge is 0.226 e. The molecule has 2 saturated heterocycles. The Labute approximate surface area is 146 Å². The lowest BCUT2D eigenvalue weighted by Gasteiger charge is -2.34. The van der Waals surface area contributed by atoms with E-state index in [4.69, 9.17) is 0 Å². The van der Waals surface area contributed by atoms with E-state index < -0.39 is 0 Å². The van der Waals surface area contributed by atoms with E-state index in [-0.39, 0.29) is 23.8 Å². The van der Waals surface area contributed by atoms with Crippen molar-refractivity contribution in [2.75, 3.05) is 19.6 Å². The third-order valence-electron chi connectivity index (χ3n) is 5.08. The second kappa shape index (κ2) is 7.04. The molecule has 3 rings (SSSR count). The van der Waals surface area contributed by atoms with E-state index in [0.717, 1.165) is 36.7 Å². The van der Waals surface area contributed by atoms with Gasteiger partial charge in [0.2, 0.25) is 11.8 Å². The fourth-order valence-corrected chi connectivity index (χ4v) is 4.00. The van der Waals surface area contributed by atoms with Gasteiger partial charge in [0, 0.05) is 36.9 Å². The maximum Gasteiger partial charge on any atom is 0.226 e. The highest BCUT2D eigenvalue weighted by atomic mass is 79.9. The largest absolute Gasteiger partial charge is 0.343 e. The molecule has 0 N–H and O–H groups in total. The molecule has 0 radical (unpaired) electrons. The van der Waals surface area contributed by atoms with Crippen molar-refractivity contribution in [2.45, 2.75) is 38.6 Å². The van der Waals surface area contributed by atoms with E-state index in [1.807, 2.05) is 17.0 Å². The van der Waals surface area contributed by atoms with Crippen molar-refractivity contribution in [2.24, 2.45) is 5.92 Å². The average molecular weight is 379 g/mol. The first-order valence-electron chi connectivity index (χ1n) is 8.37. The van der Waals surface area contributed by atoms with Gasteiger partial charge in [0.15, 0.2) is 0 Å². The minimum Gasteiger partial charge on any atom is -0.343 e. The molecule has 0 aliphatic carbocycles. The normalized spacial score (nSPS) is 22.4. The van der Waals surface area contributed by atoms with Crippen LogP contribution in [-0.4, -0.2) is 41.2 Å². The quantitative estimate of drug-likeness (QED) is 0.791. The minimum atomic E-state index is 0.0710. The molecule has 4 nitrogen and oxygen atoms in total. The van der Waals surface area contributed by atoms with Gasteiger partial charge in [-0.1, -0.05) is 28.1 Å². The Morgan fingerprint density at radius 2 is 1.70 bits per heavy atom. The fraction of sp³-hybridized carbons (Fsp3) is 0.556. The Morgan fingerprint density at radius 1 is 1.04 bits per heavy atom. The zero-order valence-electron chi connectivity index (χ0n) is 13.5.